The minimum absolute atomic E-state index is 0.940. The Balaban J connectivity index is 3.39. The molecule has 1 heteroatoms. The van der Waals surface area contributed by atoms with Gasteiger partial charge in [-0.1, -0.05) is 25.3 Å². The quantitative estimate of drug-likeness (QED) is 0.550. The first-order valence-electron chi connectivity index (χ1n) is 2.79. The van der Waals surface area contributed by atoms with Gasteiger partial charge in [-0.25, -0.2) is 0 Å². The second-order valence-corrected chi connectivity index (χ2v) is 1.81. The van der Waals surface area contributed by atoms with E-state index in [1.165, 1.54) is 0 Å². The fourth-order valence-corrected chi connectivity index (χ4v) is 0.699. The predicted octanol–water partition coefficient (Wildman–Crippen LogP) is 0.392. The molecule has 1 N–H and O–H groups in total. The number of nitrogens with one attached hydrogen (secondary N) is 1. The standard InChI is InChI=1S/C8H9N/c1-3-4-8-5-6-9-7(8)2/h3-6,9H,1-2H2/b8-4-. The van der Waals surface area contributed by atoms with Crippen LogP contribution in [0, 0.1) is 0 Å². The smallest absolute Gasteiger partial charge is 0.0380 e. The summed E-state index contributed by atoms with van der Waals surface area (Å²) in [5.41, 5.74) is 0. The van der Waals surface area contributed by atoms with E-state index in [2.05, 4.69) is 18.1 Å². The highest BCUT2D eigenvalue weighted by Gasteiger charge is 1.76. The van der Waals surface area contributed by atoms with E-state index in [1.807, 2.05) is 18.3 Å². The van der Waals surface area contributed by atoms with Crippen LogP contribution in [0.4, 0.5) is 0 Å². The normalized spacial score (nSPS) is 11.8. The second-order valence-electron chi connectivity index (χ2n) is 1.81. The summed E-state index contributed by atoms with van der Waals surface area (Å²) in [5, 5.41) is 2.04. The number of hydrogen-bond donors (Lipinski definition) is 1. The Morgan fingerprint density at radius 1 is 1.56 bits per heavy atom. The predicted molar refractivity (Wildman–Crippen MR) is 40.2 cm³/mol. The Hall–Kier alpha value is -1.24. The van der Waals surface area contributed by atoms with Gasteiger partial charge in [0.25, 0.3) is 0 Å². The van der Waals surface area contributed by atoms with Crippen molar-refractivity contribution in [3.63, 3.8) is 0 Å². The maximum Gasteiger partial charge on any atom is 0.0380 e. The van der Waals surface area contributed by atoms with Crippen molar-refractivity contribution in [1.82, 2.24) is 4.98 Å². The fraction of sp³-hybridized carbons (Fsp3) is 0. The van der Waals surface area contributed by atoms with Gasteiger partial charge in [0.1, 0.15) is 0 Å². The fourth-order valence-electron chi connectivity index (χ4n) is 0.699. The number of rotatable bonds is 1. The third-order valence-corrected chi connectivity index (χ3v) is 1.17. The molecule has 1 heterocycles. The van der Waals surface area contributed by atoms with Crippen LogP contribution < -0.4 is 10.6 Å². The van der Waals surface area contributed by atoms with E-state index < -0.39 is 0 Å². The molecule has 9 heavy (non-hydrogen) atoms. The number of hydrogen-bond acceptors (Lipinski definition) is 0. The highest BCUT2D eigenvalue weighted by molar-refractivity contribution is 5.34. The van der Waals surface area contributed by atoms with Crippen molar-refractivity contribution in [1.29, 1.82) is 0 Å². The average molecular weight is 119 g/mol. The molecule has 0 saturated carbocycles. The third-order valence-electron chi connectivity index (χ3n) is 1.17. The van der Waals surface area contributed by atoms with Crippen LogP contribution in [0.1, 0.15) is 0 Å². The zero-order valence-electron chi connectivity index (χ0n) is 5.22. The average Bonchev–Trinajstić information content (AvgIpc) is 2.18. The molecule has 0 amide bonds. The molecule has 0 aromatic carbocycles. The van der Waals surface area contributed by atoms with Crippen LogP contribution in [0.3, 0.4) is 0 Å². The monoisotopic (exact) mass is 119 g/mol. The van der Waals surface area contributed by atoms with E-state index in [1.54, 1.807) is 6.08 Å². The van der Waals surface area contributed by atoms with Crippen molar-refractivity contribution in [3.8, 4) is 0 Å². The van der Waals surface area contributed by atoms with Gasteiger partial charge < -0.3 is 4.98 Å². The molecule has 0 saturated heterocycles. The highest BCUT2D eigenvalue weighted by atomic mass is 14.6. The van der Waals surface area contributed by atoms with Gasteiger partial charge in [-0.15, -0.1) is 0 Å². The highest BCUT2D eigenvalue weighted by Crippen LogP contribution is 1.64. The van der Waals surface area contributed by atoms with E-state index in [4.69, 9.17) is 0 Å². The number of H-pyrrole nitrogens is 1. The van der Waals surface area contributed by atoms with Crippen LogP contribution in [0.2, 0.25) is 0 Å². The lowest BCUT2D eigenvalue weighted by Gasteiger charge is -1.69. The Bertz CT molecular complexity index is 293. The molecule has 0 bridgehead atoms. The molecule has 0 atom stereocenters. The van der Waals surface area contributed by atoms with Crippen LogP contribution in [0.25, 0.3) is 12.7 Å². The van der Waals surface area contributed by atoms with Gasteiger partial charge in [0.2, 0.25) is 0 Å². The zero-order chi connectivity index (χ0) is 6.69. The lowest BCUT2D eigenvalue weighted by Crippen LogP contribution is -2.19. The summed E-state index contributed by atoms with van der Waals surface area (Å²) in [4.78, 5) is 2.96. The Morgan fingerprint density at radius 2 is 2.33 bits per heavy atom. The van der Waals surface area contributed by atoms with Gasteiger partial charge in [-0.2, -0.15) is 0 Å². The summed E-state index contributed by atoms with van der Waals surface area (Å²) in [5.74, 6) is 0. The summed E-state index contributed by atoms with van der Waals surface area (Å²) in [7, 11) is 0. The minimum Gasteiger partial charge on any atom is -0.362 e. The Kier molecular flexibility index (Phi) is 1.54. The van der Waals surface area contributed by atoms with E-state index in [0.717, 1.165) is 10.6 Å². The molecule has 0 aliphatic carbocycles. The summed E-state index contributed by atoms with van der Waals surface area (Å²) >= 11 is 0. The number of aromatic amines is 1. The molecule has 0 spiro atoms. The molecule has 46 valence electrons. The molecule has 1 aromatic heterocycles. The first-order chi connectivity index (χ1) is 4.34. The Morgan fingerprint density at radius 3 is 2.78 bits per heavy atom. The number of aromatic nitrogens is 1. The van der Waals surface area contributed by atoms with Crippen molar-refractivity contribution >= 4 is 12.7 Å². The number of allylic oxidation sites excluding steroid dienone is 1. The van der Waals surface area contributed by atoms with Crippen molar-refractivity contribution in [2.45, 2.75) is 0 Å². The molecule has 1 rings (SSSR count). The first-order valence-corrected chi connectivity index (χ1v) is 2.79. The van der Waals surface area contributed by atoms with Gasteiger partial charge >= 0.3 is 0 Å². The molecule has 0 aliphatic rings. The molecule has 0 radical (unpaired) electrons. The largest absolute Gasteiger partial charge is 0.362 e. The van der Waals surface area contributed by atoms with Crippen LogP contribution in [0.5, 0.6) is 0 Å². The third kappa shape index (κ3) is 1.11. The van der Waals surface area contributed by atoms with Crippen molar-refractivity contribution in [3.05, 3.63) is 35.5 Å². The lowest BCUT2D eigenvalue weighted by atomic mass is 10.4. The van der Waals surface area contributed by atoms with Crippen LogP contribution in [-0.4, -0.2) is 4.98 Å². The van der Waals surface area contributed by atoms with E-state index in [9.17, 15) is 0 Å². The maximum atomic E-state index is 3.76. The summed E-state index contributed by atoms with van der Waals surface area (Å²) < 4.78 is 0. The van der Waals surface area contributed by atoms with E-state index in [-0.39, 0.29) is 0 Å². The molecular formula is C8H9N. The van der Waals surface area contributed by atoms with Crippen molar-refractivity contribution in [2.24, 2.45) is 0 Å². The molecular weight excluding hydrogens is 110 g/mol. The molecule has 1 aromatic rings. The van der Waals surface area contributed by atoms with E-state index in [0.29, 0.717) is 0 Å². The minimum atomic E-state index is 0.940. The van der Waals surface area contributed by atoms with Crippen molar-refractivity contribution in [2.75, 3.05) is 0 Å². The second kappa shape index (κ2) is 2.35. The summed E-state index contributed by atoms with van der Waals surface area (Å²) in [6.45, 7) is 7.34. The van der Waals surface area contributed by atoms with Crippen molar-refractivity contribution < 1.29 is 0 Å². The topological polar surface area (TPSA) is 15.8 Å². The maximum absolute atomic E-state index is 3.76. The molecule has 0 aliphatic heterocycles. The van der Waals surface area contributed by atoms with Gasteiger partial charge in [0.05, 0.1) is 0 Å². The van der Waals surface area contributed by atoms with Gasteiger partial charge in [-0.05, 0) is 11.3 Å². The van der Waals surface area contributed by atoms with Crippen LogP contribution >= 0.6 is 0 Å². The summed E-state index contributed by atoms with van der Waals surface area (Å²) in [6.07, 6.45) is 5.52. The SMILES string of the molecule is C=C/C=c1/cc[nH]c1=C. The lowest BCUT2D eigenvalue weighted by molar-refractivity contribution is 1.33. The summed E-state index contributed by atoms with van der Waals surface area (Å²) in [6, 6.07) is 1.96. The van der Waals surface area contributed by atoms with E-state index >= 15 is 0 Å². The zero-order valence-corrected chi connectivity index (χ0v) is 5.22. The molecule has 0 fully saturated rings. The van der Waals surface area contributed by atoms with Crippen LogP contribution in [0.15, 0.2) is 24.9 Å². The molecule has 0 unspecified atom stereocenters. The Labute approximate surface area is 54.0 Å². The van der Waals surface area contributed by atoms with Gasteiger partial charge in [0.15, 0.2) is 0 Å². The van der Waals surface area contributed by atoms with Gasteiger partial charge in [0, 0.05) is 11.5 Å². The van der Waals surface area contributed by atoms with Gasteiger partial charge in [-0.3, -0.25) is 0 Å². The van der Waals surface area contributed by atoms with Crippen LogP contribution in [-0.2, 0) is 0 Å². The molecule has 1 nitrogen and oxygen atoms in total. The first kappa shape index (κ1) is 5.89.